The van der Waals surface area contributed by atoms with Crippen LogP contribution in [0.5, 0.6) is 0 Å². The molecule has 0 heterocycles. The Bertz CT molecular complexity index is 621. The molecule has 2 nitrogen and oxygen atoms in total. The predicted molar refractivity (Wildman–Crippen MR) is 77.5 cm³/mol. The van der Waals surface area contributed by atoms with Gasteiger partial charge in [0.2, 0.25) is 0 Å². The summed E-state index contributed by atoms with van der Waals surface area (Å²) < 4.78 is 0. The molecule has 0 saturated carbocycles. The summed E-state index contributed by atoms with van der Waals surface area (Å²) in [4.78, 5) is 0. The molecule has 3 rings (SSSR count). The minimum absolute atomic E-state index is 0.691. The Morgan fingerprint density at radius 1 is 0.842 bits per heavy atom. The zero-order chi connectivity index (χ0) is 13.1. The molecule has 94 valence electrons. The summed E-state index contributed by atoms with van der Waals surface area (Å²) in [6.45, 7) is 0. The van der Waals surface area contributed by atoms with E-state index in [1.807, 2.05) is 24.3 Å². The smallest absolute Gasteiger partial charge is 0.0991 e. The topological polar surface area (TPSA) is 35.8 Å². The van der Waals surface area contributed by atoms with E-state index in [9.17, 15) is 0 Å². The maximum absolute atomic E-state index is 8.78. The number of nitrogens with one attached hydrogen (secondary N) is 1. The van der Waals surface area contributed by atoms with Crippen LogP contribution in [-0.2, 0) is 12.8 Å². The molecule has 0 radical (unpaired) electrons. The fourth-order valence-electron chi connectivity index (χ4n) is 2.61. The number of fused-ring (bicyclic) bond motifs is 1. The molecule has 0 amide bonds. The third-order valence-electron chi connectivity index (χ3n) is 3.65. The molecule has 0 bridgehead atoms. The number of nitrogens with zero attached hydrogens (tertiary/aromatic N) is 1. The van der Waals surface area contributed by atoms with Gasteiger partial charge in [0.15, 0.2) is 0 Å². The lowest BCUT2D eigenvalue weighted by atomic mass is 9.91. The molecular formula is C17H16N2. The summed E-state index contributed by atoms with van der Waals surface area (Å²) in [6.07, 6.45) is 5.02. The number of nitriles is 1. The van der Waals surface area contributed by atoms with Gasteiger partial charge in [-0.1, -0.05) is 6.07 Å². The van der Waals surface area contributed by atoms with Crippen molar-refractivity contribution in [1.29, 1.82) is 5.26 Å². The van der Waals surface area contributed by atoms with Crippen molar-refractivity contribution in [2.45, 2.75) is 25.7 Å². The minimum atomic E-state index is 0.691. The molecule has 19 heavy (non-hydrogen) atoms. The molecule has 2 heteroatoms. The van der Waals surface area contributed by atoms with Crippen molar-refractivity contribution in [3.8, 4) is 6.07 Å². The first-order valence-electron chi connectivity index (χ1n) is 6.74. The lowest BCUT2D eigenvalue weighted by molar-refractivity contribution is 0.686. The van der Waals surface area contributed by atoms with E-state index in [0.717, 1.165) is 11.4 Å². The molecule has 2 aromatic rings. The van der Waals surface area contributed by atoms with Gasteiger partial charge in [0.1, 0.15) is 0 Å². The monoisotopic (exact) mass is 248 g/mol. The molecule has 0 fully saturated rings. The highest BCUT2D eigenvalue weighted by atomic mass is 14.9. The second-order valence-electron chi connectivity index (χ2n) is 5.00. The Labute approximate surface area is 113 Å². The number of rotatable bonds is 2. The van der Waals surface area contributed by atoms with Gasteiger partial charge in [0, 0.05) is 11.4 Å². The van der Waals surface area contributed by atoms with E-state index in [4.69, 9.17) is 5.26 Å². The molecule has 0 saturated heterocycles. The first-order chi connectivity index (χ1) is 9.35. The molecule has 0 unspecified atom stereocenters. The molecule has 2 aromatic carbocycles. The molecular weight excluding hydrogens is 232 g/mol. The van der Waals surface area contributed by atoms with Gasteiger partial charge in [-0.15, -0.1) is 0 Å². The van der Waals surface area contributed by atoms with Gasteiger partial charge in [-0.25, -0.2) is 0 Å². The molecule has 1 aliphatic carbocycles. The average molecular weight is 248 g/mol. The Balaban J connectivity index is 1.81. The normalized spacial score (nSPS) is 13.4. The van der Waals surface area contributed by atoms with E-state index in [1.54, 1.807) is 0 Å². The Morgan fingerprint density at radius 2 is 1.53 bits per heavy atom. The van der Waals surface area contributed by atoms with Crippen molar-refractivity contribution < 1.29 is 0 Å². The third kappa shape index (κ3) is 2.61. The van der Waals surface area contributed by atoms with E-state index < -0.39 is 0 Å². The molecule has 0 aliphatic heterocycles. The van der Waals surface area contributed by atoms with Gasteiger partial charge in [-0.2, -0.15) is 5.26 Å². The third-order valence-corrected chi connectivity index (χ3v) is 3.65. The lowest BCUT2D eigenvalue weighted by Gasteiger charge is -2.17. The quantitative estimate of drug-likeness (QED) is 0.865. The van der Waals surface area contributed by atoms with Crippen molar-refractivity contribution in [3.63, 3.8) is 0 Å². The van der Waals surface area contributed by atoms with Crippen LogP contribution < -0.4 is 5.32 Å². The fourth-order valence-corrected chi connectivity index (χ4v) is 2.61. The van der Waals surface area contributed by atoms with Crippen LogP contribution in [-0.4, -0.2) is 0 Å². The second-order valence-corrected chi connectivity index (χ2v) is 5.00. The molecule has 0 aromatic heterocycles. The van der Waals surface area contributed by atoms with Crippen LogP contribution in [0.2, 0.25) is 0 Å². The maximum Gasteiger partial charge on any atom is 0.0991 e. The van der Waals surface area contributed by atoms with Crippen molar-refractivity contribution in [2.24, 2.45) is 0 Å². The van der Waals surface area contributed by atoms with Gasteiger partial charge in [0.25, 0.3) is 0 Å². The molecule has 1 N–H and O–H groups in total. The summed E-state index contributed by atoms with van der Waals surface area (Å²) in [6, 6.07) is 16.3. The molecule has 0 atom stereocenters. The molecule has 0 spiro atoms. The van der Waals surface area contributed by atoms with Crippen LogP contribution in [0, 0.1) is 11.3 Å². The summed E-state index contributed by atoms with van der Waals surface area (Å²) in [7, 11) is 0. The highest BCUT2D eigenvalue weighted by Gasteiger charge is 2.09. The molecule has 1 aliphatic rings. The Morgan fingerprint density at radius 3 is 2.26 bits per heavy atom. The number of aryl methyl sites for hydroxylation is 2. The Kier molecular flexibility index (Phi) is 3.20. The minimum Gasteiger partial charge on any atom is -0.356 e. The van der Waals surface area contributed by atoms with Gasteiger partial charge < -0.3 is 5.32 Å². The largest absolute Gasteiger partial charge is 0.356 e. The van der Waals surface area contributed by atoms with E-state index in [2.05, 4.69) is 29.6 Å². The first-order valence-corrected chi connectivity index (χ1v) is 6.74. The lowest BCUT2D eigenvalue weighted by Crippen LogP contribution is -2.03. The van der Waals surface area contributed by atoms with Crippen molar-refractivity contribution in [3.05, 3.63) is 59.2 Å². The number of anilines is 2. The van der Waals surface area contributed by atoms with Crippen LogP contribution >= 0.6 is 0 Å². The highest BCUT2D eigenvalue weighted by Crippen LogP contribution is 2.26. The predicted octanol–water partition coefficient (Wildman–Crippen LogP) is 4.18. The zero-order valence-corrected chi connectivity index (χ0v) is 10.8. The van der Waals surface area contributed by atoms with Crippen LogP contribution in [0.4, 0.5) is 11.4 Å². The van der Waals surface area contributed by atoms with Crippen LogP contribution in [0.3, 0.4) is 0 Å². The summed E-state index contributed by atoms with van der Waals surface area (Å²) in [5, 5.41) is 12.2. The summed E-state index contributed by atoms with van der Waals surface area (Å²) >= 11 is 0. The van der Waals surface area contributed by atoms with Gasteiger partial charge in [0.05, 0.1) is 11.6 Å². The highest BCUT2D eigenvalue weighted by molar-refractivity contribution is 5.62. The average Bonchev–Trinajstić information content (AvgIpc) is 2.48. The van der Waals surface area contributed by atoms with E-state index >= 15 is 0 Å². The van der Waals surface area contributed by atoms with Crippen molar-refractivity contribution in [2.75, 3.05) is 5.32 Å². The zero-order valence-electron chi connectivity index (χ0n) is 10.8. The second kappa shape index (κ2) is 5.16. The van der Waals surface area contributed by atoms with Crippen LogP contribution in [0.25, 0.3) is 0 Å². The van der Waals surface area contributed by atoms with Gasteiger partial charge >= 0.3 is 0 Å². The first kappa shape index (κ1) is 11.8. The maximum atomic E-state index is 8.78. The van der Waals surface area contributed by atoms with E-state index in [-0.39, 0.29) is 0 Å². The Hall–Kier alpha value is -2.27. The number of hydrogen-bond acceptors (Lipinski definition) is 2. The number of hydrogen-bond donors (Lipinski definition) is 1. The van der Waals surface area contributed by atoms with Crippen LogP contribution in [0.15, 0.2) is 42.5 Å². The van der Waals surface area contributed by atoms with Gasteiger partial charge in [-0.05, 0) is 73.2 Å². The van der Waals surface area contributed by atoms with Crippen LogP contribution in [0.1, 0.15) is 29.5 Å². The van der Waals surface area contributed by atoms with Crippen molar-refractivity contribution >= 4 is 11.4 Å². The standard InChI is InChI=1S/C17H16N2/c18-12-13-5-8-16(9-6-13)19-17-10-7-14-3-1-2-4-15(14)11-17/h5-11,19H,1-4H2. The van der Waals surface area contributed by atoms with E-state index in [1.165, 1.54) is 36.8 Å². The summed E-state index contributed by atoms with van der Waals surface area (Å²) in [5.74, 6) is 0. The summed E-state index contributed by atoms with van der Waals surface area (Å²) in [5.41, 5.74) is 5.82. The van der Waals surface area contributed by atoms with E-state index in [0.29, 0.717) is 5.56 Å². The van der Waals surface area contributed by atoms with Crippen molar-refractivity contribution in [1.82, 2.24) is 0 Å². The fraction of sp³-hybridized carbons (Fsp3) is 0.235. The van der Waals surface area contributed by atoms with Gasteiger partial charge in [-0.3, -0.25) is 0 Å². The number of benzene rings is 2. The SMILES string of the molecule is N#Cc1ccc(Nc2ccc3c(c2)CCCC3)cc1.